The summed E-state index contributed by atoms with van der Waals surface area (Å²) in [5.74, 6) is 1.22. The lowest BCUT2D eigenvalue weighted by Gasteiger charge is -2.36. The van der Waals surface area contributed by atoms with Crippen LogP contribution in [0.2, 0.25) is 25.0 Å². The Morgan fingerprint density at radius 3 is 2.44 bits per heavy atom. The molecule has 0 spiro atoms. The first-order valence-corrected chi connectivity index (χ1v) is 22.9. The third-order valence-electron chi connectivity index (χ3n) is 10.5. The van der Waals surface area contributed by atoms with Crippen LogP contribution in [0.3, 0.4) is 0 Å². The first-order valence-electron chi connectivity index (χ1n) is 20.0. The second-order valence-electron chi connectivity index (χ2n) is 16.5. The van der Waals surface area contributed by atoms with Crippen LogP contribution in [0.1, 0.15) is 77.3 Å². The van der Waals surface area contributed by atoms with Crippen molar-refractivity contribution in [3.05, 3.63) is 108 Å². The van der Waals surface area contributed by atoms with E-state index in [1.807, 2.05) is 42.5 Å². The summed E-state index contributed by atoms with van der Waals surface area (Å²) >= 11 is 0. The molecule has 8 nitrogen and oxygen atoms in total. The Balaban J connectivity index is 1.60. The van der Waals surface area contributed by atoms with Gasteiger partial charge in [-0.2, -0.15) is 0 Å². The number of hydrogen-bond acceptors (Lipinski definition) is 8. The van der Waals surface area contributed by atoms with E-state index in [2.05, 4.69) is 101 Å². The summed E-state index contributed by atoms with van der Waals surface area (Å²) < 4.78 is 36.2. The fourth-order valence-corrected chi connectivity index (χ4v) is 7.46. The number of hydrogen-bond donors (Lipinski definition) is 2. The zero-order valence-electron chi connectivity index (χ0n) is 35.2. The van der Waals surface area contributed by atoms with Crippen LogP contribution in [-0.4, -0.2) is 78.5 Å². The van der Waals surface area contributed by atoms with Gasteiger partial charge in [-0.25, -0.2) is 0 Å². The molecule has 0 saturated heterocycles. The quantitative estimate of drug-likeness (QED) is 0.0586. The van der Waals surface area contributed by atoms with Crippen LogP contribution in [0.15, 0.2) is 97.1 Å². The van der Waals surface area contributed by atoms with Crippen molar-refractivity contribution in [3.63, 3.8) is 0 Å². The maximum atomic E-state index is 10.5. The van der Waals surface area contributed by atoms with Gasteiger partial charge in [0.05, 0.1) is 38.1 Å². The molecule has 6 atom stereocenters. The molecule has 2 N–H and O–H groups in total. The smallest absolute Gasteiger partial charge is 0.373 e. The molecule has 2 aromatic rings. The number of nitrogens with one attached hydrogen (secondary N) is 1. The average Bonchev–Trinajstić information content (AvgIpc) is 3.13. The van der Waals surface area contributed by atoms with Gasteiger partial charge in [-0.05, 0) is 92.7 Å². The minimum absolute atomic E-state index is 0.101. The largest absolute Gasteiger partial charge is 0.497 e. The van der Waals surface area contributed by atoms with Crippen LogP contribution in [-0.2, 0) is 30.0 Å². The zero-order chi connectivity index (χ0) is 40.3. The molecule has 0 saturated carbocycles. The minimum Gasteiger partial charge on any atom is -0.497 e. The molecule has 304 valence electrons. The fraction of sp³-hybridized carbons (Fsp3) is 0.556. The second kappa shape index (κ2) is 24.1. The van der Waals surface area contributed by atoms with Crippen LogP contribution < -0.4 is 9.96 Å². The molecule has 2 aromatic carbocycles. The fourth-order valence-electron chi connectivity index (χ4n) is 6.40. The summed E-state index contributed by atoms with van der Waals surface area (Å²) in [5, 5.41) is 14.0. The van der Waals surface area contributed by atoms with Crippen molar-refractivity contribution in [3.8, 4) is 5.75 Å². The first kappa shape index (κ1) is 46.6. The lowest BCUT2D eigenvalue weighted by molar-refractivity contribution is -0.0553. The van der Waals surface area contributed by atoms with E-state index in [4.69, 9.17) is 28.1 Å². The van der Waals surface area contributed by atoms with Crippen molar-refractivity contribution in [2.45, 2.75) is 128 Å². The summed E-state index contributed by atoms with van der Waals surface area (Å²) in [7, 11) is 0.793. The standard InChI is InChI=1S/C45H70BNO7Si/c1-35(30-36(2)32-42-20-14-18-40(54-42)28-29-53-55(9,10)45(3,4)5)31-41(52-34-49-7)19-15-21-43(47-46(6)48)44(27-24-37-16-12-11-13-17-37)51-33-38-22-25-39(50-8)26-23-38/h11-19,22-27,36,40-44,47-48H,1,20-21,28-34H2,2-10H3/t36-,40-,41+,42-,43-,44-/m0/s1. The van der Waals surface area contributed by atoms with Gasteiger partial charge < -0.3 is 38.4 Å². The Labute approximate surface area is 334 Å². The summed E-state index contributed by atoms with van der Waals surface area (Å²) in [6, 6.07) is 17.8. The second-order valence-corrected chi connectivity index (χ2v) is 21.3. The molecule has 0 amide bonds. The molecule has 10 heteroatoms. The van der Waals surface area contributed by atoms with Crippen LogP contribution >= 0.6 is 0 Å². The molecular weight excluding hydrogens is 705 g/mol. The molecule has 55 heavy (non-hydrogen) atoms. The lowest BCUT2D eigenvalue weighted by atomic mass is 9.85. The summed E-state index contributed by atoms with van der Waals surface area (Å²) in [6.45, 7) is 21.2. The van der Waals surface area contributed by atoms with E-state index in [1.165, 1.54) is 0 Å². The van der Waals surface area contributed by atoms with Crippen LogP contribution in [0, 0.1) is 5.92 Å². The van der Waals surface area contributed by atoms with Crippen molar-refractivity contribution in [2.24, 2.45) is 5.92 Å². The molecule has 0 bridgehead atoms. The predicted octanol–water partition coefficient (Wildman–Crippen LogP) is 9.79. The molecule has 0 fully saturated rings. The van der Waals surface area contributed by atoms with E-state index in [9.17, 15) is 5.02 Å². The number of rotatable bonds is 25. The summed E-state index contributed by atoms with van der Waals surface area (Å²) in [6.07, 6.45) is 17.5. The molecule has 1 heterocycles. The highest BCUT2D eigenvalue weighted by molar-refractivity contribution is 6.74. The molecule has 0 radical (unpaired) electrons. The molecular formula is C45H70BNO7Si. The van der Waals surface area contributed by atoms with Crippen molar-refractivity contribution in [1.82, 2.24) is 5.23 Å². The van der Waals surface area contributed by atoms with E-state index < -0.39 is 15.4 Å². The van der Waals surface area contributed by atoms with Crippen molar-refractivity contribution in [2.75, 3.05) is 27.6 Å². The van der Waals surface area contributed by atoms with Crippen LogP contribution in [0.4, 0.5) is 0 Å². The van der Waals surface area contributed by atoms with E-state index in [1.54, 1.807) is 21.0 Å². The van der Waals surface area contributed by atoms with Crippen LogP contribution in [0.25, 0.3) is 6.08 Å². The Morgan fingerprint density at radius 2 is 1.78 bits per heavy atom. The lowest BCUT2D eigenvalue weighted by Crippen LogP contribution is -2.47. The van der Waals surface area contributed by atoms with E-state index in [0.717, 1.165) is 54.7 Å². The third kappa shape index (κ3) is 17.9. The highest BCUT2D eigenvalue weighted by atomic mass is 28.4. The van der Waals surface area contributed by atoms with Gasteiger partial charge in [-0.3, -0.25) is 0 Å². The normalized spacial score (nSPS) is 18.7. The van der Waals surface area contributed by atoms with Gasteiger partial charge >= 0.3 is 7.05 Å². The van der Waals surface area contributed by atoms with Gasteiger partial charge in [0, 0.05) is 19.8 Å². The van der Waals surface area contributed by atoms with Crippen LogP contribution in [0.5, 0.6) is 5.75 Å². The monoisotopic (exact) mass is 776 g/mol. The SMILES string of the molecule is C=C(C[C@H](C)C[C@@H]1CC=C[C@@H](CCO[Si](C)(C)C(C)(C)C)O1)C[C@@H](C=CC[C@H](NB(C)O)[C@H](C=Cc1ccccc1)OCc1ccc(OC)cc1)OCOC. The van der Waals surface area contributed by atoms with Gasteiger partial charge in [0.15, 0.2) is 8.32 Å². The third-order valence-corrected chi connectivity index (χ3v) is 15.0. The van der Waals surface area contributed by atoms with Gasteiger partial charge in [0.25, 0.3) is 0 Å². The highest BCUT2D eigenvalue weighted by Gasteiger charge is 2.37. The van der Waals surface area contributed by atoms with E-state index >= 15 is 0 Å². The van der Waals surface area contributed by atoms with Crippen molar-refractivity contribution in [1.29, 1.82) is 0 Å². The van der Waals surface area contributed by atoms with Gasteiger partial charge in [0.1, 0.15) is 12.5 Å². The topological polar surface area (TPSA) is 87.6 Å². The summed E-state index contributed by atoms with van der Waals surface area (Å²) in [5.41, 5.74) is 3.24. The maximum absolute atomic E-state index is 10.5. The van der Waals surface area contributed by atoms with E-state index in [-0.39, 0.29) is 42.3 Å². The number of methoxy groups -OCH3 is 2. The van der Waals surface area contributed by atoms with E-state index in [0.29, 0.717) is 25.4 Å². The predicted molar refractivity (Wildman–Crippen MR) is 231 cm³/mol. The molecule has 0 unspecified atom stereocenters. The molecule has 0 aromatic heterocycles. The van der Waals surface area contributed by atoms with Crippen molar-refractivity contribution < 1.29 is 33.1 Å². The minimum atomic E-state index is -1.77. The Kier molecular flexibility index (Phi) is 20.4. The highest BCUT2D eigenvalue weighted by Crippen LogP contribution is 2.37. The first-order chi connectivity index (χ1) is 26.2. The Bertz CT molecular complexity index is 1460. The Morgan fingerprint density at radius 1 is 1.05 bits per heavy atom. The molecule has 0 aliphatic carbocycles. The summed E-state index contributed by atoms with van der Waals surface area (Å²) in [4.78, 5) is 0. The van der Waals surface area contributed by atoms with Gasteiger partial charge in [-0.15, -0.1) is 0 Å². The number of benzene rings is 2. The van der Waals surface area contributed by atoms with Crippen molar-refractivity contribution >= 4 is 21.4 Å². The molecule has 1 aliphatic heterocycles. The average molecular weight is 776 g/mol. The Hall–Kier alpha value is -2.80. The molecule has 3 rings (SSSR count). The number of ether oxygens (including phenoxy) is 5. The maximum Gasteiger partial charge on any atom is 0.373 e. The van der Waals surface area contributed by atoms with Gasteiger partial charge in [0.2, 0.25) is 0 Å². The zero-order valence-corrected chi connectivity index (χ0v) is 36.2. The van der Waals surface area contributed by atoms with Gasteiger partial charge in [-0.1, -0.05) is 119 Å². The molecule has 1 aliphatic rings.